The second-order valence-electron chi connectivity index (χ2n) is 3.56. The van der Waals surface area contributed by atoms with E-state index < -0.39 is 0 Å². The summed E-state index contributed by atoms with van der Waals surface area (Å²) in [5.41, 5.74) is 5.70. The summed E-state index contributed by atoms with van der Waals surface area (Å²) in [7, 11) is 0. The third-order valence-electron chi connectivity index (χ3n) is 2.66. The van der Waals surface area contributed by atoms with Crippen LogP contribution < -0.4 is 10.6 Å². The van der Waals surface area contributed by atoms with Gasteiger partial charge in [-0.25, -0.2) is 4.98 Å². The molecule has 2 N–H and O–H groups in total. The first-order valence-electron chi connectivity index (χ1n) is 4.89. The molecule has 1 saturated heterocycles. The molecule has 0 saturated carbocycles. The average molecular weight is 212 g/mol. The van der Waals surface area contributed by atoms with Gasteiger partial charge >= 0.3 is 0 Å². The molecule has 0 amide bonds. The Kier molecular flexibility index (Phi) is 2.89. The van der Waals surface area contributed by atoms with Crippen molar-refractivity contribution in [1.82, 2.24) is 4.98 Å². The van der Waals surface area contributed by atoms with Gasteiger partial charge in [0, 0.05) is 25.3 Å². The van der Waals surface area contributed by atoms with Crippen molar-refractivity contribution in [3.63, 3.8) is 0 Å². The molecule has 1 aromatic rings. The molecule has 1 aromatic heterocycles. The molecular formula is C10H14ClN3. The maximum Gasteiger partial charge on any atom is 0.128 e. The highest BCUT2D eigenvalue weighted by Crippen LogP contribution is 2.23. The zero-order valence-corrected chi connectivity index (χ0v) is 8.74. The molecule has 1 aliphatic rings. The van der Waals surface area contributed by atoms with E-state index in [9.17, 15) is 0 Å². The Morgan fingerprint density at radius 3 is 3.07 bits per heavy atom. The number of nitrogens with two attached hydrogens (primary N) is 1. The Labute approximate surface area is 88.9 Å². The largest absolute Gasteiger partial charge is 0.352 e. The van der Waals surface area contributed by atoms with Crippen LogP contribution in [0.2, 0.25) is 5.02 Å². The van der Waals surface area contributed by atoms with Gasteiger partial charge in [-0.15, -0.1) is 0 Å². The molecule has 1 unspecified atom stereocenters. The van der Waals surface area contributed by atoms with E-state index in [1.165, 1.54) is 12.8 Å². The van der Waals surface area contributed by atoms with Gasteiger partial charge in [-0.3, -0.25) is 0 Å². The van der Waals surface area contributed by atoms with Crippen LogP contribution in [0.4, 0.5) is 5.82 Å². The van der Waals surface area contributed by atoms with Gasteiger partial charge in [0.1, 0.15) is 5.82 Å². The third kappa shape index (κ3) is 1.83. The van der Waals surface area contributed by atoms with E-state index in [1.807, 2.05) is 12.1 Å². The van der Waals surface area contributed by atoms with Crippen LogP contribution in [0.1, 0.15) is 12.8 Å². The van der Waals surface area contributed by atoms with Crippen molar-refractivity contribution >= 4 is 17.4 Å². The van der Waals surface area contributed by atoms with E-state index in [2.05, 4.69) is 9.88 Å². The number of aromatic nitrogens is 1. The topological polar surface area (TPSA) is 42.1 Å². The first kappa shape index (κ1) is 9.74. The summed E-state index contributed by atoms with van der Waals surface area (Å²) < 4.78 is 0. The van der Waals surface area contributed by atoms with Crippen LogP contribution in [-0.2, 0) is 0 Å². The van der Waals surface area contributed by atoms with Gasteiger partial charge in [-0.2, -0.15) is 0 Å². The highest BCUT2D eigenvalue weighted by molar-refractivity contribution is 6.30. The molecule has 0 spiro atoms. The minimum Gasteiger partial charge on any atom is -0.352 e. The lowest BCUT2D eigenvalue weighted by atomic mass is 10.2. The molecule has 0 radical (unpaired) electrons. The molecule has 1 aliphatic heterocycles. The SMILES string of the molecule is NCC1CCCN1c1ccc(Cl)cn1. The highest BCUT2D eigenvalue weighted by Gasteiger charge is 2.23. The number of nitrogens with zero attached hydrogens (tertiary/aromatic N) is 2. The zero-order chi connectivity index (χ0) is 9.97. The third-order valence-corrected chi connectivity index (χ3v) is 2.88. The predicted octanol–water partition coefficient (Wildman–Crippen LogP) is 1.66. The molecule has 3 nitrogen and oxygen atoms in total. The number of anilines is 1. The van der Waals surface area contributed by atoms with Gasteiger partial charge in [0.15, 0.2) is 0 Å². The molecule has 0 aliphatic carbocycles. The minimum atomic E-state index is 0.448. The number of rotatable bonds is 2. The predicted molar refractivity (Wildman–Crippen MR) is 58.7 cm³/mol. The fraction of sp³-hybridized carbons (Fsp3) is 0.500. The van der Waals surface area contributed by atoms with Crippen molar-refractivity contribution in [3.05, 3.63) is 23.4 Å². The summed E-state index contributed by atoms with van der Waals surface area (Å²) in [6.45, 7) is 1.75. The van der Waals surface area contributed by atoms with Gasteiger partial charge in [-0.05, 0) is 25.0 Å². The fourth-order valence-corrected chi connectivity index (χ4v) is 2.03. The van der Waals surface area contributed by atoms with Crippen molar-refractivity contribution in [3.8, 4) is 0 Å². The first-order chi connectivity index (χ1) is 6.81. The molecule has 2 heterocycles. The molecule has 14 heavy (non-hydrogen) atoms. The summed E-state index contributed by atoms with van der Waals surface area (Å²) >= 11 is 5.78. The lowest BCUT2D eigenvalue weighted by molar-refractivity contribution is 0.671. The smallest absolute Gasteiger partial charge is 0.128 e. The van der Waals surface area contributed by atoms with Crippen molar-refractivity contribution in [1.29, 1.82) is 0 Å². The van der Waals surface area contributed by atoms with E-state index in [0.29, 0.717) is 17.6 Å². The quantitative estimate of drug-likeness (QED) is 0.809. The van der Waals surface area contributed by atoms with Gasteiger partial charge in [0.05, 0.1) is 5.02 Å². The zero-order valence-electron chi connectivity index (χ0n) is 7.99. The fourth-order valence-electron chi connectivity index (χ4n) is 1.92. The Hall–Kier alpha value is -0.800. The van der Waals surface area contributed by atoms with E-state index in [-0.39, 0.29) is 0 Å². The second-order valence-corrected chi connectivity index (χ2v) is 4.00. The molecule has 4 heteroatoms. The average Bonchev–Trinajstić information content (AvgIpc) is 2.67. The lowest BCUT2D eigenvalue weighted by Gasteiger charge is -2.24. The summed E-state index contributed by atoms with van der Waals surface area (Å²) in [4.78, 5) is 6.56. The molecule has 0 bridgehead atoms. The first-order valence-corrected chi connectivity index (χ1v) is 5.27. The van der Waals surface area contributed by atoms with Gasteiger partial charge in [-0.1, -0.05) is 11.6 Å². The monoisotopic (exact) mass is 211 g/mol. The van der Waals surface area contributed by atoms with Crippen LogP contribution in [-0.4, -0.2) is 24.1 Å². The van der Waals surface area contributed by atoms with Gasteiger partial charge in [0.2, 0.25) is 0 Å². The van der Waals surface area contributed by atoms with Crippen LogP contribution in [0.3, 0.4) is 0 Å². The molecule has 2 rings (SSSR count). The molecule has 1 fully saturated rings. The van der Waals surface area contributed by atoms with E-state index >= 15 is 0 Å². The Morgan fingerprint density at radius 1 is 1.57 bits per heavy atom. The number of hydrogen-bond donors (Lipinski definition) is 1. The summed E-state index contributed by atoms with van der Waals surface area (Å²) in [6, 6.07) is 4.27. The van der Waals surface area contributed by atoms with Crippen LogP contribution in [0, 0.1) is 0 Å². The highest BCUT2D eigenvalue weighted by atomic mass is 35.5. The van der Waals surface area contributed by atoms with Gasteiger partial charge < -0.3 is 10.6 Å². The van der Waals surface area contributed by atoms with Crippen LogP contribution >= 0.6 is 11.6 Å². The van der Waals surface area contributed by atoms with Crippen LogP contribution in [0.5, 0.6) is 0 Å². The second kappa shape index (κ2) is 4.15. The maximum absolute atomic E-state index is 5.78. The normalized spacial score (nSPS) is 21.6. The standard InChI is InChI=1S/C10H14ClN3/c11-8-3-4-10(13-7-8)14-5-1-2-9(14)6-12/h3-4,7,9H,1-2,5-6,12H2. The van der Waals surface area contributed by atoms with Crippen molar-refractivity contribution in [2.24, 2.45) is 5.73 Å². The van der Waals surface area contributed by atoms with E-state index in [1.54, 1.807) is 6.20 Å². The molecular weight excluding hydrogens is 198 g/mol. The van der Waals surface area contributed by atoms with Crippen LogP contribution in [0.25, 0.3) is 0 Å². The van der Waals surface area contributed by atoms with Crippen LogP contribution in [0.15, 0.2) is 18.3 Å². The maximum atomic E-state index is 5.78. The van der Waals surface area contributed by atoms with Crippen molar-refractivity contribution in [2.45, 2.75) is 18.9 Å². The summed E-state index contributed by atoms with van der Waals surface area (Å²) in [5.74, 6) is 0.988. The Bertz CT molecular complexity index is 299. The molecule has 76 valence electrons. The lowest BCUT2D eigenvalue weighted by Crippen LogP contribution is -2.35. The van der Waals surface area contributed by atoms with Gasteiger partial charge in [0.25, 0.3) is 0 Å². The molecule has 0 aromatic carbocycles. The van der Waals surface area contributed by atoms with Crippen molar-refractivity contribution < 1.29 is 0 Å². The summed E-state index contributed by atoms with van der Waals surface area (Å²) in [6.07, 6.45) is 4.05. The number of halogens is 1. The van der Waals surface area contributed by atoms with Crippen molar-refractivity contribution in [2.75, 3.05) is 18.0 Å². The van der Waals surface area contributed by atoms with E-state index in [0.717, 1.165) is 12.4 Å². The summed E-state index contributed by atoms with van der Waals surface area (Å²) in [5, 5.41) is 0.678. The Balaban J connectivity index is 2.17. The number of hydrogen-bond acceptors (Lipinski definition) is 3. The minimum absolute atomic E-state index is 0.448. The number of pyridine rings is 1. The Morgan fingerprint density at radius 2 is 2.43 bits per heavy atom. The van der Waals surface area contributed by atoms with E-state index in [4.69, 9.17) is 17.3 Å². The molecule has 1 atom stereocenters.